The normalized spacial score (nSPS) is 10.6. The van der Waals surface area contributed by atoms with E-state index in [1.54, 1.807) is 12.1 Å². The molecule has 116 valence electrons. The molecule has 1 amide bonds. The van der Waals surface area contributed by atoms with Gasteiger partial charge in [0.25, 0.3) is 5.91 Å². The van der Waals surface area contributed by atoms with E-state index in [1.807, 2.05) is 25.1 Å². The minimum atomic E-state index is -0.270. The Bertz CT molecular complexity index is 656. The van der Waals surface area contributed by atoms with E-state index in [4.69, 9.17) is 0 Å². The molecule has 1 heterocycles. The van der Waals surface area contributed by atoms with Crippen LogP contribution in [-0.2, 0) is 0 Å². The Morgan fingerprint density at radius 3 is 2.59 bits per heavy atom. The minimum absolute atomic E-state index is 0.270. The van der Waals surface area contributed by atoms with Crippen LogP contribution in [0.4, 0.5) is 11.5 Å². The van der Waals surface area contributed by atoms with Gasteiger partial charge in [0, 0.05) is 16.7 Å². The number of rotatable bonds is 5. The number of aromatic nitrogens is 2. The van der Waals surface area contributed by atoms with Gasteiger partial charge in [0.1, 0.15) is 5.82 Å². The molecule has 0 aliphatic carbocycles. The van der Waals surface area contributed by atoms with Crippen molar-refractivity contribution in [2.45, 2.75) is 20.8 Å². The van der Waals surface area contributed by atoms with Crippen molar-refractivity contribution in [1.29, 1.82) is 0 Å². The largest absolute Gasteiger partial charge is 0.368 e. The van der Waals surface area contributed by atoms with Crippen molar-refractivity contribution in [3.05, 3.63) is 46.1 Å². The Balaban J connectivity index is 2.03. The Hall–Kier alpha value is -1.95. The van der Waals surface area contributed by atoms with Crippen LogP contribution in [0.25, 0.3) is 0 Å². The molecule has 0 bridgehead atoms. The molecule has 0 aliphatic heterocycles. The average molecular weight is 363 g/mol. The van der Waals surface area contributed by atoms with Gasteiger partial charge in [-0.05, 0) is 48.7 Å². The summed E-state index contributed by atoms with van der Waals surface area (Å²) >= 11 is 3.40. The first-order valence-corrected chi connectivity index (χ1v) is 7.90. The molecule has 22 heavy (non-hydrogen) atoms. The lowest BCUT2D eigenvalue weighted by Crippen LogP contribution is -2.16. The third kappa shape index (κ3) is 4.53. The summed E-state index contributed by atoms with van der Waals surface area (Å²) in [5, 5.41) is 14.0. The summed E-state index contributed by atoms with van der Waals surface area (Å²) in [5.74, 6) is 0.920. The van der Waals surface area contributed by atoms with E-state index in [0.29, 0.717) is 11.7 Å². The Morgan fingerprint density at radius 2 is 2.00 bits per heavy atom. The van der Waals surface area contributed by atoms with Crippen LogP contribution in [0.15, 0.2) is 34.8 Å². The number of halogens is 1. The van der Waals surface area contributed by atoms with Crippen molar-refractivity contribution >= 4 is 33.3 Å². The Kier molecular flexibility index (Phi) is 5.49. The molecular weight excluding hydrogens is 344 g/mol. The van der Waals surface area contributed by atoms with Gasteiger partial charge in [-0.25, -0.2) is 0 Å². The van der Waals surface area contributed by atoms with E-state index in [0.717, 1.165) is 22.3 Å². The highest BCUT2D eigenvalue weighted by atomic mass is 79.9. The Labute approximate surface area is 138 Å². The molecule has 6 heteroatoms. The number of nitrogens with one attached hydrogen (secondary N) is 2. The summed E-state index contributed by atoms with van der Waals surface area (Å²) in [7, 11) is 0. The van der Waals surface area contributed by atoms with Crippen molar-refractivity contribution in [1.82, 2.24) is 10.2 Å². The van der Waals surface area contributed by atoms with Gasteiger partial charge in [0.05, 0.1) is 0 Å². The third-order valence-corrected chi connectivity index (χ3v) is 3.52. The number of nitrogens with zero attached hydrogens (tertiary/aromatic N) is 2. The smallest absolute Gasteiger partial charge is 0.276 e. The van der Waals surface area contributed by atoms with Crippen LogP contribution in [0.1, 0.15) is 29.9 Å². The van der Waals surface area contributed by atoms with Crippen molar-refractivity contribution in [3.8, 4) is 0 Å². The van der Waals surface area contributed by atoms with Crippen molar-refractivity contribution in [2.75, 3.05) is 17.2 Å². The van der Waals surface area contributed by atoms with Gasteiger partial charge in [-0.3, -0.25) is 4.79 Å². The molecule has 2 aromatic rings. The molecule has 2 rings (SSSR count). The zero-order valence-electron chi connectivity index (χ0n) is 12.9. The molecule has 2 N–H and O–H groups in total. The van der Waals surface area contributed by atoms with E-state index >= 15 is 0 Å². The van der Waals surface area contributed by atoms with Gasteiger partial charge in [-0.1, -0.05) is 29.8 Å². The fourth-order valence-electron chi connectivity index (χ4n) is 1.81. The van der Waals surface area contributed by atoms with Gasteiger partial charge in [-0.2, -0.15) is 0 Å². The average Bonchev–Trinajstić information content (AvgIpc) is 2.48. The lowest BCUT2D eigenvalue weighted by atomic mass is 10.2. The first-order chi connectivity index (χ1) is 10.5. The number of hydrogen-bond acceptors (Lipinski definition) is 4. The molecule has 0 unspecified atom stereocenters. The number of anilines is 2. The lowest BCUT2D eigenvalue weighted by molar-refractivity contribution is 0.102. The fraction of sp³-hybridized carbons (Fsp3) is 0.312. The highest BCUT2D eigenvalue weighted by Gasteiger charge is 2.10. The maximum Gasteiger partial charge on any atom is 0.276 e. The molecule has 0 spiro atoms. The van der Waals surface area contributed by atoms with E-state index < -0.39 is 0 Å². The zero-order chi connectivity index (χ0) is 16.1. The number of hydrogen-bond donors (Lipinski definition) is 2. The monoisotopic (exact) mass is 362 g/mol. The quantitative estimate of drug-likeness (QED) is 0.846. The van der Waals surface area contributed by atoms with E-state index in [-0.39, 0.29) is 11.6 Å². The van der Waals surface area contributed by atoms with Gasteiger partial charge in [0.2, 0.25) is 0 Å². The standard InChI is InChI=1S/C16H19BrN4O/c1-10(2)9-18-15-7-6-14(20-21-15)16(22)19-13-5-4-12(17)8-11(13)3/h4-8,10H,9H2,1-3H3,(H,18,21)(H,19,22). The van der Waals surface area contributed by atoms with E-state index in [2.05, 4.69) is 50.6 Å². The second-order valence-electron chi connectivity index (χ2n) is 5.49. The molecule has 0 saturated heterocycles. The SMILES string of the molecule is Cc1cc(Br)ccc1NC(=O)c1ccc(NCC(C)C)nn1. The first-order valence-electron chi connectivity index (χ1n) is 7.11. The topological polar surface area (TPSA) is 66.9 Å². The van der Waals surface area contributed by atoms with Crippen LogP contribution in [-0.4, -0.2) is 22.6 Å². The minimum Gasteiger partial charge on any atom is -0.368 e. The molecule has 0 fully saturated rings. The third-order valence-electron chi connectivity index (χ3n) is 3.03. The number of aryl methyl sites for hydroxylation is 1. The van der Waals surface area contributed by atoms with Crippen LogP contribution in [0.3, 0.4) is 0 Å². The highest BCUT2D eigenvalue weighted by molar-refractivity contribution is 9.10. The number of amides is 1. The maximum atomic E-state index is 12.2. The second-order valence-corrected chi connectivity index (χ2v) is 6.41. The summed E-state index contributed by atoms with van der Waals surface area (Å²) < 4.78 is 0.975. The molecule has 0 atom stereocenters. The van der Waals surface area contributed by atoms with Gasteiger partial charge >= 0.3 is 0 Å². The summed E-state index contributed by atoms with van der Waals surface area (Å²) in [6.07, 6.45) is 0. The van der Waals surface area contributed by atoms with Crippen LogP contribution in [0.2, 0.25) is 0 Å². The van der Waals surface area contributed by atoms with E-state index in [9.17, 15) is 4.79 Å². The van der Waals surface area contributed by atoms with Gasteiger partial charge in [0.15, 0.2) is 5.69 Å². The number of carbonyl (C=O) groups is 1. The summed E-state index contributed by atoms with van der Waals surface area (Å²) in [4.78, 5) is 12.2. The Morgan fingerprint density at radius 1 is 1.23 bits per heavy atom. The molecule has 5 nitrogen and oxygen atoms in total. The van der Waals surface area contributed by atoms with Crippen LogP contribution < -0.4 is 10.6 Å². The molecule has 0 saturated carbocycles. The van der Waals surface area contributed by atoms with Crippen LogP contribution >= 0.6 is 15.9 Å². The highest BCUT2D eigenvalue weighted by Crippen LogP contribution is 2.20. The molecule has 1 aromatic carbocycles. The summed E-state index contributed by atoms with van der Waals surface area (Å²) in [5.41, 5.74) is 2.03. The number of benzene rings is 1. The van der Waals surface area contributed by atoms with Gasteiger partial charge < -0.3 is 10.6 Å². The van der Waals surface area contributed by atoms with Crippen LogP contribution in [0, 0.1) is 12.8 Å². The molecular formula is C16H19BrN4O. The second kappa shape index (κ2) is 7.35. The summed E-state index contributed by atoms with van der Waals surface area (Å²) in [6, 6.07) is 9.11. The maximum absolute atomic E-state index is 12.2. The number of carbonyl (C=O) groups excluding carboxylic acids is 1. The van der Waals surface area contributed by atoms with Crippen molar-refractivity contribution in [3.63, 3.8) is 0 Å². The van der Waals surface area contributed by atoms with E-state index in [1.165, 1.54) is 0 Å². The predicted molar refractivity (Wildman–Crippen MR) is 92.2 cm³/mol. The molecule has 0 radical (unpaired) electrons. The van der Waals surface area contributed by atoms with Crippen molar-refractivity contribution in [2.24, 2.45) is 5.92 Å². The van der Waals surface area contributed by atoms with Gasteiger partial charge in [-0.15, -0.1) is 10.2 Å². The summed E-state index contributed by atoms with van der Waals surface area (Å²) in [6.45, 7) is 6.98. The fourth-order valence-corrected chi connectivity index (χ4v) is 2.29. The van der Waals surface area contributed by atoms with Crippen molar-refractivity contribution < 1.29 is 4.79 Å². The lowest BCUT2D eigenvalue weighted by Gasteiger charge is -2.09. The predicted octanol–water partition coefficient (Wildman–Crippen LogP) is 3.87. The van der Waals surface area contributed by atoms with Crippen LogP contribution in [0.5, 0.6) is 0 Å². The zero-order valence-corrected chi connectivity index (χ0v) is 14.4. The first kappa shape index (κ1) is 16.4. The molecule has 1 aromatic heterocycles. The molecule has 0 aliphatic rings.